The van der Waals surface area contributed by atoms with Crippen LogP contribution in [0.1, 0.15) is 5.56 Å². The molecule has 1 heterocycles. The molecule has 0 bridgehead atoms. The third-order valence-corrected chi connectivity index (χ3v) is 3.43. The van der Waals surface area contributed by atoms with Gasteiger partial charge in [-0.15, -0.1) is 0 Å². The largest absolute Gasteiger partial charge is 0.396 e. The van der Waals surface area contributed by atoms with Crippen molar-refractivity contribution in [1.82, 2.24) is 4.98 Å². The zero-order valence-electron chi connectivity index (χ0n) is 11.5. The summed E-state index contributed by atoms with van der Waals surface area (Å²) in [5.74, 6) is -0.212. The molecule has 3 nitrogen and oxygen atoms in total. The molecule has 0 aliphatic carbocycles. The van der Waals surface area contributed by atoms with Gasteiger partial charge < -0.3 is 11.1 Å². The third-order valence-electron chi connectivity index (χ3n) is 3.43. The molecule has 2 aromatic carbocycles. The lowest BCUT2D eigenvalue weighted by Gasteiger charge is -2.12. The van der Waals surface area contributed by atoms with Gasteiger partial charge in [0.15, 0.2) is 0 Å². The van der Waals surface area contributed by atoms with Gasteiger partial charge in [0.2, 0.25) is 0 Å². The molecule has 106 valence electrons. The van der Waals surface area contributed by atoms with E-state index in [2.05, 4.69) is 10.3 Å². The third kappa shape index (κ3) is 2.94. The van der Waals surface area contributed by atoms with Gasteiger partial charge in [0.05, 0.1) is 23.1 Å². The molecule has 0 atom stereocenters. The van der Waals surface area contributed by atoms with E-state index in [0.29, 0.717) is 5.69 Å². The van der Waals surface area contributed by atoms with Crippen molar-refractivity contribution < 1.29 is 4.39 Å². The maximum atomic E-state index is 12.9. The number of nitrogens with zero attached hydrogens (tertiary/aromatic N) is 1. The summed E-state index contributed by atoms with van der Waals surface area (Å²) in [7, 11) is 0. The number of halogens is 1. The minimum atomic E-state index is -0.212. The first-order chi connectivity index (χ1) is 10.2. The summed E-state index contributed by atoms with van der Waals surface area (Å²) in [6, 6.07) is 14.4. The molecular weight excluding hydrogens is 265 g/mol. The van der Waals surface area contributed by atoms with Gasteiger partial charge in [0.25, 0.3) is 0 Å². The van der Waals surface area contributed by atoms with Gasteiger partial charge in [-0.1, -0.05) is 30.3 Å². The number of anilines is 2. The van der Waals surface area contributed by atoms with Crippen molar-refractivity contribution in [2.24, 2.45) is 0 Å². The van der Waals surface area contributed by atoms with E-state index in [1.807, 2.05) is 24.3 Å². The van der Waals surface area contributed by atoms with Gasteiger partial charge in [-0.2, -0.15) is 0 Å². The molecule has 0 amide bonds. The first-order valence-electron chi connectivity index (χ1n) is 6.85. The minimum absolute atomic E-state index is 0.212. The summed E-state index contributed by atoms with van der Waals surface area (Å²) in [5.41, 5.74) is 9.55. The van der Waals surface area contributed by atoms with Crippen LogP contribution in [0.2, 0.25) is 0 Å². The predicted molar refractivity (Wildman–Crippen MR) is 84.7 cm³/mol. The van der Waals surface area contributed by atoms with E-state index in [4.69, 9.17) is 5.73 Å². The number of hydrogen-bond donors (Lipinski definition) is 2. The van der Waals surface area contributed by atoms with Crippen LogP contribution in [0.25, 0.3) is 10.9 Å². The highest BCUT2D eigenvalue weighted by atomic mass is 19.1. The molecule has 0 aliphatic rings. The molecule has 21 heavy (non-hydrogen) atoms. The van der Waals surface area contributed by atoms with E-state index in [0.717, 1.165) is 35.1 Å². The van der Waals surface area contributed by atoms with Crippen molar-refractivity contribution in [1.29, 1.82) is 0 Å². The van der Waals surface area contributed by atoms with E-state index < -0.39 is 0 Å². The van der Waals surface area contributed by atoms with E-state index >= 15 is 0 Å². The first-order valence-corrected chi connectivity index (χ1v) is 6.85. The second-order valence-corrected chi connectivity index (χ2v) is 4.91. The first kappa shape index (κ1) is 13.4. The van der Waals surface area contributed by atoms with E-state index in [9.17, 15) is 4.39 Å². The van der Waals surface area contributed by atoms with Crippen LogP contribution in [-0.4, -0.2) is 11.5 Å². The van der Waals surface area contributed by atoms with Gasteiger partial charge in [-0.25, -0.2) is 4.39 Å². The highest BCUT2D eigenvalue weighted by molar-refractivity contribution is 5.96. The van der Waals surface area contributed by atoms with Crippen molar-refractivity contribution >= 4 is 22.3 Å². The molecule has 3 N–H and O–H groups in total. The van der Waals surface area contributed by atoms with Crippen LogP contribution in [0, 0.1) is 5.82 Å². The number of fused-ring (bicyclic) bond motifs is 1. The van der Waals surface area contributed by atoms with Gasteiger partial charge in [0.1, 0.15) is 5.82 Å². The van der Waals surface area contributed by atoms with E-state index in [1.165, 1.54) is 12.1 Å². The zero-order valence-corrected chi connectivity index (χ0v) is 11.5. The maximum Gasteiger partial charge on any atom is 0.123 e. The maximum absolute atomic E-state index is 12.9. The summed E-state index contributed by atoms with van der Waals surface area (Å²) in [5, 5.41) is 4.37. The summed E-state index contributed by atoms with van der Waals surface area (Å²) in [6.07, 6.45) is 2.47. The van der Waals surface area contributed by atoms with Crippen molar-refractivity contribution in [2.75, 3.05) is 17.6 Å². The van der Waals surface area contributed by atoms with Crippen LogP contribution in [0.5, 0.6) is 0 Å². The fourth-order valence-corrected chi connectivity index (χ4v) is 2.34. The quantitative estimate of drug-likeness (QED) is 0.768. The summed E-state index contributed by atoms with van der Waals surface area (Å²) >= 11 is 0. The van der Waals surface area contributed by atoms with Crippen LogP contribution < -0.4 is 11.1 Å². The molecule has 3 aromatic rings. The average molecular weight is 281 g/mol. The van der Waals surface area contributed by atoms with Gasteiger partial charge in [0, 0.05) is 11.9 Å². The van der Waals surface area contributed by atoms with Gasteiger partial charge >= 0.3 is 0 Å². The molecular formula is C17H16FN3. The van der Waals surface area contributed by atoms with Crippen LogP contribution >= 0.6 is 0 Å². The zero-order chi connectivity index (χ0) is 14.7. The van der Waals surface area contributed by atoms with Crippen molar-refractivity contribution in [3.05, 3.63) is 66.1 Å². The normalized spacial score (nSPS) is 10.7. The number of para-hydroxylation sites is 1. The Balaban J connectivity index is 1.76. The average Bonchev–Trinajstić information content (AvgIpc) is 2.51. The smallest absolute Gasteiger partial charge is 0.123 e. The molecule has 0 aliphatic heterocycles. The Labute approximate surface area is 122 Å². The lowest BCUT2D eigenvalue weighted by molar-refractivity contribution is 0.627. The van der Waals surface area contributed by atoms with Crippen molar-refractivity contribution in [2.45, 2.75) is 6.42 Å². The molecule has 1 aromatic heterocycles. The molecule has 0 spiro atoms. The topological polar surface area (TPSA) is 50.9 Å². The summed E-state index contributed by atoms with van der Waals surface area (Å²) < 4.78 is 12.9. The molecule has 0 fully saturated rings. The van der Waals surface area contributed by atoms with Gasteiger partial charge in [-0.05, 0) is 30.2 Å². The van der Waals surface area contributed by atoms with Crippen LogP contribution in [0.15, 0.2) is 54.7 Å². The molecule has 0 radical (unpaired) electrons. The number of pyridine rings is 1. The van der Waals surface area contributed by atoms with Crippen LogP contribution in [0.4, 0.5) is 15.8 Å². The number of nitrogens with two attached hydrogens (primary N) is 1. The minimum Gasteiger partial charge on any atom is -0.396 e. The lowest BCUT2D eigenvalue weighted by atomic mass is 10.1. The van der Waals surface area contributed by atoms with E-state index in [1.54, 1.807) is 18.3 Å². The fraction of sp³-hybridized carbons (Fsp3) is 0.118. The number of nitrogen functional groups attached to an aromatic ring is 1. The molecule has 3 rings (SSSR count). The SMILES string of the molecule is Nc1cnc2ccccc2c1NCCc1ccc(F)cc1. The fourth-order valence-electron chi connectivity index (χ4n) is 2.34. The van der Waals surface area contributed by atoms with Crippen LogP contribution in [0.3, 0.4) is 0 Å². The standard InChI is InChI=1S/C17H16FN3/c18-13-7-5-12(6-8-13)9-10-20-17-14-3-1-2-4-16(14)21-11-15(17)19/h1-8,11H,9-10,19H2,(H,20,21). The highest BCUT2D eigenvalue weighted by Gasteiger charge is 2.05. The Hall–Kier alpha value is -2.62. The Kier molecular flexibility index (Phi) is 3.69. The summed E-state index contributed by atoms with van der Waals surface area (Å²) in [4.78, 5) is 4.31. The predicted octanol–water partition coefficient (Wildman–Crippen LogP) is 3.61. The number of rotatable bonds is 4. The lowest BCUT2D eigenvalue weighted by Crippen LogP contribution is -2.08. The monoisotopic (exact) mass is 281 g/mol. The van der Waals surface area contributed by atoms with Gasteiger partial charge in [-0.3, -0.25) is 4.98 Å². The number of hydrogen-bond acceptors (Lipinski definition) is 3. The number of aromatic nitrogens is 1. The number of benzene rings is 2. The Morgan fingerprint density at radius 2 is 1.81 bits per heavy atom. The Morgan fingerprint density at radius 3 is 2.62 bits per heavy atom. The Morgan fingerprint density at radius 1 is 1.05 bits per heavy atom. The van der Waals surface area contributed by atoms with Crippen molar-refractivity contribution in [3.8, 4) is 0 Å². The van der Waals surface area contributed by atoms with Crippen molar-refractivity contribution in [3.63, 3.8) is 0 Å². The van der Waals surface area contributed by atoms with E-state index in [-0.39, 0.29) is 5.82 Å². The number of nitrogens with one attached hydrogen (secondary N) is 1. The molecule has 0 unspecified atom stereocenters. The molecule has 0 saturated heterocycles. The van der Waals surface area contributed by atoms with Crippen LogP contribution in [-0.2, 0) is 6.42 Å². The summed E-state index contributed by atoms with van der Waals surface area (Å²) in [6.45, 7) is 0.726. The Bertz CT molecular complexity index is 754. The second kappa shape index (κ2) is 5.79. The molecule has 0 saturated carbocycles. The highest BCUT2D eigenvalue weighted by Crippen LogP contribution is 2.27. The second-order valence-electron chi connectivity index (χ2n) is 4.91. The molecule has 4 heteroatoms.